The normalized spacial score (nSPS) is 14.7. The number of nitrogens with zero attached hydrogens (tertiary/aromatic N) is 4. The molecular formula is C26H19Cl2F5N4O. The number of hydrogen-bond donors (Lipinski definition) is 0. The van der Waals surface area contributed by atoms with E-state index in [-0.39, 0.29) is 17.4 Å². The second kappa shape index (κ2) is 10.4. The van der Waals surface area contributed by atoms with Crippen LogP contribution < -0.4 is 9.64 Å². The summed E-state index contributed by atoms with van der Waals surface area (Å²) in [6.07, 6.45) is -2.78. The number of anilines is 1. The van der Waals surface area contributed by atoms with Crippen LogP contribution in [0.1, 0.15) is 18.4 Å². The van der Waals surface area contributed by atoms with Crippen molar-refractivity contribution in [3.8, 4) is 22.8 Å². The fourth-order valence-electron chi connectivity index (χ4n) is 4.25. The highest BCUT2D eigenvalue weighted by atomic mass is 35.5. The summed E-state index contributed by atoms with van der Waals surface area (Å²) >= 11 is 12.4. The molecule has 5 nitrogen and oxygen atoms in total. The lowest BCUT2D eigenvalue weighted by Gasteiger charge is -2.33. The van der Waals surface area contributed by atoms with Crippen molar-refractivity contribution in [3.63, 3.8) is 0 Å². The molecule has 0 saturated carbocycles. The van der Waals surface area contributed by atoms with Crippen LogP contribution in [0.2, 0.25) is 10.0 Å². The molecule has 3 heterocycles. The van der Waals surface area contributed by atoms with Crippen LogP contribution >= 0.6 is 23.2 Å². The SMILES string of the molecule is Fc1cc(F)cc(-c2cc(OC3CCN(c4ccc(C(F)(F)F)cn4)CC3)n(-c3cc(Cl)cc(Cl)c3)n2)c1. The molecule has 12 heteroatoms. The first-order chi connectivity index (χ1) is 18.0. The van der Waals surface area contributed by atoms with E-state index in [1.54, 1.807) is 24.3 Å². The third-order valence-corrected chi connectivity index (χ3v) is 6.49. The average molecular weight is 569 g/mol. The lowest BCUT2D eigenvalue weighted by Crippen LogP contribution is -2.39. The fraction of sp³-hybridized carbons (Fsp3) is 0.231. The topological polar surface area (TPSA) is 43.2 Å². The number of benzene rings is 2. The molecule has 1 saturated heterocycles. The van der Waals surface area contributed by atoms with Gasteiger partial charge in [0, 0.05) is 59.9 Å². The Morgan fingerprint density at radius 3 is 2.11 bits per heavy atom. The van der Waals surface area contributed by atoms with E-state index < -0.39 is 23.4 Å². The maximum absolute atomic E-state index is 13.9. The number of rotatable bonds is 5. The van der Waals surface area contributed by atoms with Crippen molar-refractivity contribution in [2.75, 3.05) is 18.0 Å². The number of halogens is 7. The monoisotopic (exact) mass is 568 g/mol. The zero-order valence-electron chi connectivity index (χ0n) is 19.5. The van der Waals surface area contributed by atoms with Gasteiger partial charge in [-0.25, -0.2) is 18.4 Å². The lowest BCUT2D eigenvalue weighted by atomic mass is 10.1. The molecule has 0 bridgehead atoms. The van der Waals surface area contributed by atoms with Crippen LogP contribution in [0.25, 0.3) is 16.9 Å². The highest BCUT2D eigenvalue weighted by Crippen LogP contribution is 2.33. The van der Waals surface area contributed by atoms with Gasteiger partial charge in [-0.05, 0) is 42.5 Å². The second-order valence-electron chi connectivity index (χ2n) is 8.77. The highest BCUT2D eigenvalue weighted by molar-refractivity contribution is 6.34. The minimum absolute atomic E-state index is 0.224. The molecule has 198 valence electrons. The second-order valence-corrected chi connectivity index (χ2v) is 9.65. The Morgan fingerprint density at radius 2 is 1.53 bits per heavy atom. The summed E-state index contributed by atoms with van der Waals surface area (Å²) in [7, 11) is 0. The van der Waals surface area contributed by atoms with Gasteiger partial charge in [-0.15, -0.1) is 0 Å². The summed E-state index contributed by atoms with van der Waals surface area (Å²) in [6, 6.07) is 11.9. The minimum atomic E-state index is -4.45. The Morgan fingerprint density at radius 1 is 0.868 bits per heavy atom. The Hall–Kier alpha value is -3.37. The van der Waals surface area contributed by atoms with Crippen LogP contribution in [-0.2, 0) is 6.18 Å². The standard InChI is InChI=1S/C26H19Cl2F5N4O/c27-17-9-18(28)11-21(10-17)37-25(13-23(35-37)15-7-19(29)12-20(30)8-15)38-22-3-5-36(6-4-22)24-2-1-16(14-34-24)26(31,32)33/h1-2,7-14,22H,3-6H2. The molecule has 0 atom stereocenters. The first kappa shape index (κ1) is 26.2. The molecule has 0 aliphatic carbocycles. The van der Waals surface area contributed by atoms with Gasteiger partial charge in [0.2, 0.25) is 5.88 Å². The van der Waals surface area contributed by atoms with E-state index in [2.05, 4.69) is 10.1 Å². The summed E-state index contributed by atoms with van der Waals surface area (Å²) in [5.74, 6) is -0.723. The number of pyridine rings is 1. The van der Waals surface area contributed by atoms with Crippen LogP contribution in [0.15, 0.2) is 60.8 Å². The molecule has 4 aromatic rings. The highest BCUT2D eigenvalue weighted by Gasteiger charge is 2.31. The van der Waals surface area contributed by atoms with E-state index in [0.29, 0.717) is 53.4 Å². The Bertz CT molecular complexity index is 1410. The van der Waals surface area contributed by atoms with Gasteiger partial charge in [0.1, 0.15) is 23.6 Å². The summed E-state index contributed by atoms with van der Waals surface area (Å²) in [4.78, 5) is 5.85. The predicted molar refractivity (Wildman–Crippen MR) is 134 cm³/mol. The predicted octanol–water partition coefficient (Wildman–Crippen LogP) is 7.59. The maximum atomic E-state index is 13.9. The summed E-state index contributed by atoms with van der Waals surface area (Å²) in [6.45, 7) is 1.00. The molecule has 5 rings (SSSR count). The third kappa shape index (κ3) is 5.86. The molecule has 1 fully saturated rings. The summed E-state index contributed by atoms with van der Waals surface area (Å²) in [5.41, 5.74) is 0.193. The van der Waals surface area contributed by atoms with Gasteiger partial charge in [0.25, 0.3) is 0 Å². The quantitative estimate of drug-likeness (QED) is 0.233. The van der Waals surface area contributed by atoms with E-state index in [1.165, 1.54) is 22.9 Å². The van der Waals surface area contributed by atoms with E-state index in [4.69, 9.17) is 27.9 Å². The van der Waals surface area contributed by atoms with Gasteiger partial charge in [0.15, 0.2) is 0 Å². The van der Waals surface area contributed by atoms with Crippen molar-refractivity contribution < 1.29 is 26.7 Å². The number of alkyl halides is 3. The molecule has 38 heavy (non-hydrogen) atoms. The summed E-state index contributed by atoms with van der Waals surface area (Å²) in [5, 5.41) is 5.23. The molecule has 2 aromatic carbocycles. The first-order valence-electron chi connectivity index (χ1n) is 11.5. The Balaban J connectivity index is 1.37. The van der Waals surface area contributed by atoms with Crippen molar-refractivity contribution in [1.29, 1.82) is 0 Å². The Kier molecular flexibility index (Phi) is 7.19. The maximum Gasteiger partial charge on any atom is 0.417 e. The zero-order chi connectivity index (χ0) is 27.0. The van der Waals surface area contributed by atoms with Crippen molar-refractivity contribution >= 4 is 29.0 Å². The van der Waals surface area contributed by atoms with Crippen LogP contribution in [0.4, 0.5) is 27.8 Å². The minimum Gasteiger partial charge on any atom is -0.474 e. The van der Waals surface area contributed by atoms with E-state index in [9.17, 15) is 22.0 Å². The van der Waals surface area contributed by atoms with Crippen molar-refractivity contribution in [2.24, 2.45) is 0 Å². The van der Waals surface area contributed by atoms with Gasteiger partial charge in [-0.2, -0.15) is 18.3 Å². The molecule has 2 aromatic heterocycles. The molecule has 1 aliphatic heterocycles. The first-order valence-corrected chi connectivity index (χ1v) is 12.3. The molecule has 0 radical (unpaired) electrons. The summed E-state index contributed by atoms with van der Waals surface area (Å²) < 4.78 is 74.0. The largest absolute Gasteiger partial charge is 0.474 e. The van der Waals surface area contributed by atoms with Gasteiger partial charge in [-0.3, -0.25) is 0 Å². The van der Waals surface area contributed by atoms with Gasteiger partial charge < -0.3 is 9.64 Å². The fourth-order valence-corrected chi connectivity index (χ4v) is 4.77. The molecular weight excluding hydrogens is 550 g/mol. The van der Waals surface area contributed by atoms with E-state index in [0.717, 1.165) is 18.3 Å². The van der Waals surface area contributed by atoms with Crippen LogP contribution in [-0.4, -0.2) is 34.0 Å². The van der Waals surface area contributed by atoms with Crippen LogP contribution in [0, 0.1) is 11.6 Å². The van der Waals surface area contributed by atoms with Crippen molar-refractivity contribution in [2.45, 2.75) is 25.1 Å². The number of hydrogen-bond acceptors (Lipinski definition) is 4. The molecule has 0 unspecified atom stereocenters. The Labute approximate surface area is 224 Å². The molecule has 0 amide bonds. The van der Waals surface area contributed by atoms with Crippen molar-refractivity contribution in [3.05, 3.63) is 88.0 Å². The van der Waals surface area contributed by atoms with Gasteiger partial charge >= 0.3 is 6.18 Å². The van der Waals surface area contributed by atoms with Gasteiger partial charge in [-0.1, -0.05) is 23.2 Å². The van der Waals surface area contributed by atoms with Crippen molar-refractivity contribution in [1.82, 2.24) is 14.8 Å². The van der Waals surface area contributed by atoms with Gasteiger partial charge in [0.05, 0.1) is 16.9 Å². The number of piperidine rings is 1. The van der Waals surface area contributed by atoms with Crippen LogP contribution in [0.5, 0.6) is 5.88 Å². The number of ether oxygens (including phenoxy) is 1. The van der Waals surface area contributed by atoms with E-state index in [1.807, 2.05) is 4.90 Å². The van der Waals surface area contributed by atoms with E-state index >= 15 is 0 Å². The van der Waals surface area contributed by atoms with Crippen LogP contribution in [0.3, 0.4) is 0 Å². The third-order valence-electron chi connectivity index (χ3n) is 6.06. The average Bonchev–Trinajstić information content (AvgIpc) is 3.27. The molecule has 0 spiro atoms. The number of aromatic nitrogens is 3. The molecule has 0 N–H and O–H groups in total. The lowest BCUT2D eigenvalue weighted by molar-refractivity contribution is -0.137. The zero-order valence-corrected chi connectivity index (χ0v) is 21.0. The molecule has 1 aliphatic rings. The smallest absolute Gasteiger partial charge is 0.417 e.